The minimum absolute atomic E-state index is 0.370. The highest BCUT2D eigenvalue weighted by atomic mass is 32.2. The van der Waals surface area contributed by atoms with E-state index in [0.29, 0.717) is 34.2 Å². The molecule has 9 nitrogen and oxygen atoms in total. The Morgan fingerprint density at radius 1 is 1.09 bits per heavy atom. The quantitative estimate of drug-likeness (QED) is 0.391. The summed E-state index contributed by atoms with van der Waals surface area (Å²) in [6, 6.07) is 11.6. The number of hydrogen-bond acceptors (Lipinski definition) is 9. The predicted molar refractivity (Wildman–Crippen MR) is 125 cm³/mol. The molecule has 10 heteroatoms. The van der Waals surface area contributed by atoms with E-state index in [2.05, 4.69) is 15.1 Å². The molecule has 1 fully saturated rings. The molecule has 4 aromatic rings. The number of aliphatic hydroxyl groups is 2. The van der Waals surface area contributed by atoms with Crippen LogP contribution in [0.1, 0.15) is 23.3 Å². The second-order valence-electron chi connectivity index (χ2n) is 8.12. The lowest BCUT2D eigenvalue weighted by atomic mass is 10.1. The van der Waals surface area contributed by atoms with E-state index in [1.54, 1.807) is 35.5 Å². The van der Waals surface area contributed by atoms with E-state index in [1.807, 2.05) is 37.3 Å². The van der Waals surface area contributed by atoms with Gasteiger partial charge in [0, 0.05) is 28.8 Å². The maximum absolute atomic E-state index is 10.7. The van der Waals surface area contributed by atoms with Crippen molar-refractivity contribution in [2.24, 2.45) is 0 Å². The van der Waals surface area contributed by atoms with Crippen LogP contribution in [0.4, 0.5) is 5.82 Å². The number of fused-ring (bicyclic) bond motifs is 1. The van der Waals surface area contributed by atoms with E-state index in [-0.39, 0.29) is 0 Å². The van der Waals surface area contributed by atoms with Crippen LogP contribution in [0, 0.1) is 13.8 Å². The van der Waals surface area contributed by atoms with E-state index in [0.717, 1.165) is 22.6 Å². The zero-order valence-electron chi connectivity index (χ0n) is 18.3. The monoisotopic (exact) mass is 467 g/mol. The van der Waals surface area contributed by atoms with E-state index < -0.39 is 24.5 Å². The number of nitrogen functional groups attached to an aromatic ring is 1. The smallest absolute Gasteiger partial charge is 0.171 e. The molecule has 0 radical (unpaired) electrons. The molecule has 4 N–H and O–H groups in total. The average Bonchev–Trinajstić information content (AvgIpc) is 3.46. The number of benzene rings is 1. The van der Waals surface area contributed by atoms with Gasteiger partial charge >= 0.3 is 0 Å². The van der Waals surface area contributed by atoms with Gasteiger partial charge in [0.05, 0.1) is 17.2 Å². The summed E-state index contributed by atoms with van der Waals surface area (Å²) in [7, 11) is 0. The molecule has 33 heavy (non-hydrogen) atoms. The average molecular weight is 468 g/mol. The summed E-state index contributed by atoms with van der Waals surface area (Å²) in [6.07, 6.45) is -1.70. The van der Waals surface area contributed by atoms with Gasteiger partial charge in [-0.05, 0) is 19.9 Å². The van der Waals surface area contributed by atoms with Crippen molar-refractivity contribution in [3.8, 4) is 11.3 Å². The van der Waals surface area contributed by atoms with E-state index in [1.165, 1.54) is 0 Å². The number of rotatable bonds is 6. The van der Waals surface area contributed by atoms with Crippen molar-refractivity contribution in [2.75, 3.05) is 11.5 Å². The van der Waals surface area contributed by atoms with Crippen molar-refractivity contribution < 1.29 is 19.5 Å². The molecule has 0 spiro atoms. The lowest BCUT2D eigenvalue weighted by molar-refractivity contribution is -0.0285. The fourth-order valence-corrected chi connectivity index (χ4v) is 5.29. The highest BCUT2D eigenvalue weighted by molar-refractivity contribution is 7.98. The SMILES string of the molecule is Cc1nc(N)c2ccn([C@@H]3O[C@H](CSCc4c(C)noc4-c4ccccc4)[C@@H](O)[C@H]3O)c2n1. The number of hydrogen-bond donors (Lipinski definition) is 3. The molecule has 172 valence electrons. The predicted octanol–water partition coefficient (Wildman–Crippen LogP) is 2.84. The first-order valence-electron chi connectivity index (χ1n) is 10.6. The minimum atomic E-state index is -1.10. The topological polar surface area (TPSA) is 132 Å². The first-order chi connectivity index (χ1) is 15.9. The fraction of sp³-hybridized carbons (Fsp3) is 0.348. The summed E-state index contributed by atoms with van der Waals surface area (Å²) in [4.78, 5) is 8.62. The second kappa shape index (κ2) is 8.79. The van der Waals surface area contributed by atoms with Gasteiger partial charge in [0.25, 0.3) is 0 Å². The third-order valence-corrected chi connectivity index (χ3v) is 6.93. The maximum Gasteiger partial charge on any atom is 0.171 e. The summed E-state index contributed by atoms with van der Waals surface area (Å²) in [6.45, 7) is 3.67. The molecule has 0 unspecified atom stereocenters. The normalized spacial score (nSPS) is 22.9. The molecule has 4 heterocycles. The lowest BCUT2D eigenvalue weighted by Gasteiger charge is -2.17. The van der Waals surface area contributed by atoms with E-state index in [4.69, 9.17) is 15.0 Å². The first-order valence-corrected chi connectivity index (χ1v) is 11.8. The number of nitrogens with two attached hydrogens (primary N) is 1. The summed E-state index contributed by atoms with van der Waals surface area (Å²) >= 11 is 1.59. The van der Waals surface area contributed by atoms with Crippen molar-refractivity contribution in [3.05, 3.63) is 59.7 Å². The minimum Gasteiger partial charge on any atom is -0.387 e. The van der Waals surface area contributed by atoms with Crippen molar-refractivity contribution in [1.82, 2.24) is 19.7 Å². The van der Waals surface area contributed by atoms with E-state index in [9.17, 15) is 10.2 Å². The third-order valence-electron chi connectivity index (χ3n) is 5.87. The second-order valence-corrected chi connectivity index (χ2v) is 9.15. The summed E-state index contributed by atoms with van der Waals surface area (Å²) in [5.41, 5.74) is 9.38. The van der Waals surface area contributed by atoms with Crippen LogP contribution in [0.25, 0.3) is 22.4 Å². The van der Waals surface area contributed by atoms with Gasteiger partial charge in [0.1, 0.15) is 29.5 Å². The van der Waals surface area contributed by atoms with Gasteiger partial charge in [-0.15, -0.1) is 0 Å². The molecule has 4 atom stereocenters. The van der Waals surface area contributed by atoms with Crippen LogP contribution in [0.3, 0.4) is 0 Å². The number of nitrogens with zero attached hydrogens (tertiary/aromatic N) is 4. The van der Waals surface area contributed by atoms with Crippen molar-refractivity contribution in [3.63, 3.8) is 0 Å². The molecule has 1 aliphatic rings. The van der Waals surface area contributed by atoms with E-state index >= 15 is 0 Å². The van der Waals surface area contributed by atoms with Gasteiger partial charge in [-0.25, -0.2) is 9.97 Å². The summed E-state index contributed by atoms with van der Waals surface area (Å²) in [5.74, 6) is 2.77. The Morgan fingerprint density at radius 2 is 1.88 bits per heavy atom. The lowest BCUT2D eigenvalue weighted by Crippen LogP contribution is -2.32. The number of aliphatic hydroxyl groups excluding tert-OH is 2. The van der Waals surface area contributed by atoms with Gasteiger partial charge in [0.2, 0.25) is 0 Å². The molecule has 5 rings (SSSR count). The molecule has 0 saturated carbocycles. The molecule has 3 aromatic heterocycles. The fourth-order valence-electron chi connectivity index (χ4n) is 4.12. The number of thioether (sulfide) groups is 1. The Labute approximate surface area is 194 Å². The highest BCUT2D eigenvalue weighted by Gasteiger charge is 2.44. The largest absolute Gasteiger partial charge is 0.387 e. The highest BCUT2D eigenvalue weighted by Crippen LogP contribution is 2.36. The van der Waals surface area contributed by atoms with Crippen LogP contribution in [0.15, 0.2) is 47.1 Å². The maximum atomic E-state index is 10.7. The Bertz CT molecular complexity index is 1270. The number of aromatic nitrogens is 4. The van der Waals surface area contributed by atoms with Crippen LogP contribution < -0.4 is 5.73 Å². The van der Waals surface area contributed by atoms with Gasteiger partial charge < -0.3 is 29.8 Å². The van der Waals surface area contributed by atoms with Gasteiger partial charge in [-0.1, -0.05) is 35.5 Å². The van der Waals surface area contributed by atoms with Crippen LogP contribution in [0.5, 0.6) is 0 Å². The van der Waals surface area contributed by atoms with Crippen LogP contribution >= 0.6 is 11.8 Å². The molecule has 0 aliphatic carbocycles. The van der Waals surface area contributed by atoms with Crippen LogP contribution in [0.2, 0.25) is 0 Å². The third kappa shape index (κ3) is 3.99. The molecule has 1 saturated heterocycles. The molecular weight excluding hydrogens is 442 g/mol. The Balaban J connectivity index is 1.30. The molecule has 0 amide bonds. The number of ether oxygens (including phenoxy) is 1. The molecule has 0 bridgehead atoms. The van der Waals surface area contributed by atoms with Crippen LogP contribution in [-0.4, -0.2) is 54.0 Å². The zero-order chi connectivity index (χ0) is 23.1. The standard InChI is InChI=1S/C23H25N5O4S/c1-12-16(20(32-27-12)14-6-4-3-5-7-14)10-33-11-17-18(29)19(30)23(31-17)28-9-8-15-21(24)25-13(2)26-22(15)28/h3-9,17-19,23,29-30H,10-11H2,1-2H3,(H2,24,25,26)/t17-,18-,19-,23-/m1/s1. The first kappa shape index (κ1) is 21.9. The number of anilines is 1. The Morgan fingerprint density at radius 3 is 2.67 bits per heavy atom. The van der Waals surface area contributed by atoms with Crippen molar-refractivity contribution in [1.29, 1.82) is 0 Å². The molecule has 1 aliphatic heterocycles. The summed E-state index contributed by atoms with van der Waals surface area (Å²) < 4.78 is 13.3. The molecule has 1 aromatic carbocycles. The van der Waals surface area contributed by atoms with Crippen molar-refractivity contribution >= 4 is 28.6 Å². The molecular formula is C23H25N5O4S. The van der Waals surface area contributed by atoms with Crippen LogP contribution in [-0.2, 0) is 10.5 Å². The Kier molecular flexibility index (Phi) is 5.83. The van der Waals surface area contributed by atoms with Gasteiger partial charge in [-0.3, -0.25) is 0 Å². The number of aryl methyl sites for hydroxylation is 2. The van der Waals surface area contributed by atoms with Gasteiger partial charge in [-0.2, -0.15) is 11.8 Å². The Hall–Kier alpha value is -2.92. The summed E-state index contributed by atoms with van der Waals surface area (Å²) in [5, 5.41) is 26.2. The zero-order valence-corrected chi connectivity index (χ0v) is 19.1. The van der Waals surface area contributed by atoms with Crippen molar-refractivity contribution in [2.45, 2.75) is 44.1 Å². The van der Waals surface area contributed by atoms with Gasteiger partial charge in [0.15, 0.2) is 12.0 Å².